The Morgan fingerprint density at radius 2 is 1.71 bits per heavy atom. The number of carbonyl (C=O) groups excluding carboxylic acids is 2. The molecule has 1 aliphatic heterocycles. The SMILES string of the molecule is CC(=O)Nc1cc(C(=O)Nc2ccc3c(c2)OCCO3)nn1-c1ccccc1. The third-order valence-corrected chi connectivity index (χ3v) is 4.05. The van der Waals surface area contributed by atoms with Crippen LogP contribution in [0.3, 0.4) is 0 Å². The molecule has 8 nitrogen and oxygen atoms in total. The standard InChI is InChI=1S/C20H18N4O4/c1-13(25)21-19-12-16(23-24(19)15-5-3-2-4-6-15)20(26)22-14-7-8-17-18(11-14)28-10-9-27-17/h2-8,11-12H,9-10H2,1H3,(H,21,25)(H,22,26). The molecule has 0 spiro atoms. The highest BCUT2D eigenvalue weighted by molar-refractivity contribution is 6.04. The molecule has 28 heavy (non-hydrogen) atoms. The van der Waals surface area contributed by atoms with Crippen molar-refractivity contribution in [2.45, 2.75) is 6.92 Å². The maximum Gasteiger partial charge on any atom is 0.276 e. The number of anilines is 2. The first-order valence-corrected chi connectivity index (χ1v) is 8.74. The number of fused-ring (bicyclic) bond motifs is 1. The van der Waals surface area contributed by atoms with Crippen molar-refractivity contribution in [1.29, 1.82) is 0 Å². The number of para-hydroxylation sites is 1. The van der Waals surface area contributed by atoms with Crippen molar-refractivity contribution in [3.63, 3.8) is 0 Å². The number of amides is 2. The quantitative estimate of drug-likeness (QED) is 0.728. The van der Waals surface area contributed by atoms with E-state index in [1.807, 2.05) is 30.3 Å². The van der Waals surface area contributed by atoms with Crippen LogP contribution in [0.1, 0.15) is 17.4 Å². The first-order chi connectivity index (χ1) is 13.6. The van der Waals surface area contributed by atoms with Crippen LogP contribution in [0.15, 0.2) is 54.6 Å². The zero-order valence-corrected chi connectivity index (χ0v) is 15.1. The topological polar surface area (TPSA) is 94.5 Å². The molecule has 1 aromatic heterocycles. The highest BCUT2D eigenvalue weighted by Gasteiger charge is 2.18. The van der Waals surface area contributed by atoms with E-state index in [0.717, 1.165) is 5.69 Å². The molecule has 0 fully saturated rings. The first-order valence-electron chi connectivity index (χ1n) is 8.74. The number of ether oxygens (including phenoxy) is 2. The molecule has 2 amide bonds. The minimum atomic E-state index is -0.405. The summed E-state index contributed by atoms with van der Waals surface area (Å²) in [6.07, 6.45) is 0. The second-order valence-corrected chi connectivity index (χ2v) is 6.16. The molecule has 142 valence electrons. The number of rotatable bonds is 4. The van der Waals surface area contributed by atoms with Gasteiger partial charge in [0.2, 0.25) is 5.91 Å². The zero-order valence-electron chi connectivity index (χ0n) is 15.1. The Morgan fingerprint density at radius 1 is 0.964 bits per heavy atom. The molecule has 2 N–H and O–H groups in total. The van der Waals surface area contributed by atoms with Gasteiger partial charge in [0, 0.05) is 24.7 Å². The average Bonchev–Trinajstić information content (AvgIpc) is 3.12. The Kier molecular flexibility index (Phi) is 4.67. The Bertz CT molecular complexity index is 1030. The number of hydrogen-bond donors (Lipinski definition) is 2. The molecule has 8 heteroatoms. The summed E-state index contributed by atoms with van der Waals surface area (Å²) in [5.41, 5.74) is 1.46. The minimum absolute atomic E-state index is 0.169. The number of carbonyl (C=O) groups is 2. The highest BCUT2D eigenvalue weighted by Crippen LogP contribution is 2.32. The van der Waals surface area contributed by atoms with Crippen LogP contribution in [0, 0.1) is 0 Å². The molecule has 0 bridgehead atoms. The van der Waals surface area contributed by atoms with Crippen LogP contribution >= 0.6 is 0 Å². The van der Waals surface area contributed by atoms with Crippen molar-refractivity contribution in [2.75, 3.05) is 23.8 Å². The van der Waals surface area contributed by atoms with E-state index >= 15 is 0 Å². The van der Waals surface area contributed by atoms with Crippen LogP contribution in [-0.2, 0) is 4.79 Å². The van der Waals surface area contributed by atoms with Crippen molar-refractivity contribution in [1.82, 2.24) is 9.78 Å². The van der Waals surface area contributed by atoms with Gasteiger partial charge in [-0.25, -0.2) is 4.68 Å². The summed E-state index contributed by atoms with van der Waals surface area (Å²) in [5.74, 6) is 0.975. The Balaban J connectivity index is 1.60. The van der Waals surface area contributed by atoms with Crippen molar-refractivity contribution in [2.24, 2.45) is 0 Å². The fourth-order valence-corrected chi connectivity index (χ4v) is 2.84. The van der Waals surface area contributed by atoms with Crippen LogP contribution in [0.4, 0.5) is 11.5 Å². The molecule has 0 atom stereocenters. The number of nitrogens with zero attached hydrogens (tertiary/aromatic N) is 2. The molecule has 3 aromatic rings. The molecule has 0 radical (unpaired) electrons. The number of benzene rings is 2. The third kappa shape index (κ3) is 3.66. The fraction of sp³-hybridized carbons (Fsp3) is 0.150. The van der Waals surface area contributed by atoms with Crippen LogP contribution < -0.4 is 20.1 Å². The van der Waals surface area contributed by atoms with E-state index in [0.29, 0.717) is 36.2 Å². The second kappa shape index (κ2) is 7.43. The van der Waals surface area contributed by atoms with Crippen LogP contribution in [0.25, 0.3) is 5.69 Å². The molecule has 2 aromatic carbocycles. The maximum absolute atomic E-state index is 12.7. The largest absolute Gasteiger partial charge is 0.486 e. The van der Waals surface area contributed by atoms with Gasteiger partial charge in [0.25, 0.3) is 5.91 Å². The molecule has 1 aliphatic rings. The van der Waals surface area contributed by atoms with Crippen molar-refractivity contribution >= 4 is 23.3 Å². The Hall–Kier alpha value is -3.81. The van der Waals surface area contributed by atoms with E-state index in [1.165, 1.54) is 17.7 Å². The summed E-state index contributed by atoms with van der Waals surface area (Å²) in [4.78, 5) is 24.2. The average molecular weight is 378 g/mol. The smallest absolute Gasteiger partial charge is 0.276 e. The Labute approximate surface area is 161 Å². The van der Waals surface area contributed by atoms with E-state index in [4.69, 9.17) is 9.47 Å². The second-order valence-electron chi connectivity index (χ2n) is 6.16. The molecule has 2 heterocycles. The third-order valence-electron chi connectivity index (χ3n) is 4.05. The van der Waals surface area contributed by atoms with Crippen molar-refractivity contribution in [3.8, 4) is 17.2 Å². The molecule has 4 rings (SSSR count). The van der Waals surface area contributed by atoms with E-state index in [1.54, 1.807) is 18.2 Å². The Morgan fingerprint density at radius 3 is 2.46 bits per heavy atom. The molecule has 0 aliphatic carbocycles. The van der Waals surface area contributed by atoms with Gasteiger partial charge in [-0.05, 0) is 24.3 Å². The number of aromatic nitrogens is 2. The zero-order chi connectivity index (χ0) is 19.5. The minimum Gasteiger partial charge on any atom is -0.486 e. The highest BCUT2D eigenvalue weighted by atomic mass is 16.6. The van der Waals surface area contributed by atoms with Crippen LogP contribution in [-0.4, -0.2) is 34.8 Å². The normalized spacial score (nSPS) is 12.3. The van der Waals surface area contributed by atoms with E-state index in [-0.39, 0.29) is 11.6 Å². The van der Waals surface area contributed by atoms with Gasteiger partial charge in [-0.2, -0.15) is 5.10 Å². The van der Waals surface area contributed by atoms with Crippen LogP contribution in [0.5, 0.6) is 11.5 Å². The summed E-state index contributed by atoms with van der Waals surface area (Å²) in [5, 5.41) is 9.84. The van der Waals surface area contributed by atoms with Gasteiger partial charge in [-0.3, -0.25) is 9.59 Å². The van der Waals surface area contributed by atoms with E-state index < -0.39 is 5.91 Å². The number of hydrogen-bond acceptors (Lipinski definition) is 5. The molecule has 0 saturated carbocycles. The lowest BCUT2D eigenvalue weighted by Gasteiger charge is -2.18. The van der Waals surface area contributed by atoms with Crippen molar-refractivity contribution in [3.05, 3.63) is 60.3 Å². The van der Waals surface area contributed by atoms with Crippen molar-refractivity contribution < 1.29 is 19.1 Å². The molecular formula is C20H18N4O4. The predicted molar refractivity (Wildman–Crippen MR) is 103 cm³/mol. The van der Waals surface area contributed by atoms with Gasteiger partial charge in [0.15, 0.2) is 17.2 Å². The van der Waals surface area contributed by atoms with E-state index in [9.17, 15) is 9.59 Å². The van der Waals surface area contributed by atoms with Crippen LogP contribution in [0.2, 0.25) is 0 Å². The summed E-state index contributed by atoms with van der Waals surface area (Å²) in [6, 6.07) is 16.0. The van der Waals surface area contributed by atoms with Gasteiger partial charge >= 0.3 is 0 Å². The monoisotopic (exact) mass is 378 g/mol. The predicted octanol–water partition coefficient (Wildman–Crippen LogP) is 2.85. The summed E-state index contributed by atoms with van der Waals surface area (Å²) < 4.78 is 12.5. The summed E-state index contributed by atoms with van der Waals surface area (Å²) in [7, 11) is 0. The number of nitrogens with one attached hydrogen (secondary N) is 2. The molecule has 0 unspecified atom stereocenters. The van der Waals surface area contributed by atoms with Gasteiger partial charge < -0.3 is 20.1 Å². The lowest BCUT2D eigenvalue weighted by Crippen LogP contribution is -2.16. The van der Waals surface area contributed by atoms with Gasteiger partial charge in [-0.15, -0.1) is 0 Å². The molecule has 0 saturated heterocycles. The summed E-state index contributed by atoms with van der Waals surface area (Å²) in [6.45, 7) is 2.37. The lowest BCUT2D eigenvalue weighted by atomic mass is 10.2. The maximum atomic E-state index is 12.7. The van der Waals surface area contributed by atoms with Gasteiger partial charge in [0.1, 0.15) is 19.0 Å². The van der Waals surface area contributed by atoms with E-state index in [2.05, 4.69) is 15.7 Å². The van der Waals surface area contributed by atoms with Gasteiger partial charge in [-0.1, -0.05) is 18.2 Å². The first kappa shape index (κ1) is 17.6. The fourth-order valence-electron chi connectivity index (χ4n) is 2.84. The summed E-state index contributed by atoms with van der Waals surface area (Å²) >= 11 is 0. The lowest BCUT2D eigenvalue weighted by molar-refractivity contribution is -0.114. The molecular weight excluding hydrogens is 360 g/mol. The van der Waals surface area contributed by atoms with Gasteiger partial charge in [0.05, 0.1) is 5.69 Å².